The third-order valence-corrected chi connectivity index (χ3v) is 23.6. The van der Waals surface area contributed by atoms with E-state index in [4.69, 9.17) is 54.8 Å². The van der Waals surface area contributed by atoms with E-state index >= 15 is 0 Å². The van der Waals surface area contributed by atoms with Crippen LogP contribution in [0, 0.1) is 55.4 Å². The smallest absolute Gasteiger partial charge is 0.230 e. The molecule has 5 heterocycles. The fourth-order valence-corrected chi connectivity index (χ4v) is 16.1. The Hall–Kier alpha value is -17.7. The third kappa shape index (κ3) is 31.2. The van der Waals surface area contributed by atoms with Gasteiger partial charge < -0.3 is 26.6 Å². The molecule has 0 aliphatic carbocycles. The zero-order valence-corrected chi connectivity index (χ0v) is 82.0. The van der Waals surface area contributed by atoms with Gasteiger partial charge >= 0.3 is 0 Å². The van der Waals surface area contributed by atoms with Gasteiger partial charge in [0.2, 0.25) is 29.7 Å². The first-order chi connectivity index (χ1) is 70.0. The summed E-state index contributed by atoms with van der Waals surface area (Å²) in [5.74, 6) is 10.6. The van der Waals surface area contributed by atoms with Gasteiger partial charge in [0, 0.05) is 92.6 Å². The first kappa shape index (κ1) is 98.4. The van der Waals surface area contributed by atoms with Crippen LogP contribution in [0.4, 0.5) is 58.2 Å². The summed E-state index contributed by atoms with van der Waals surface area (Å²) in [6.07, 6.45) is 6.74. The van der Waals surface area contributed by atoms with Crippen LogP contribution in [0.5, 0.6) is 0 Å². The summed E-state index contributed by atoms with van der Waals surface area (Å²) in [6.45, 7) is 16.7. The van der Waals surface area contributed by atoms with Crippen molar-refractivity contribution in [3.63, 3.8) is 0 Å². The fourth-order valence-electron chi connectivity index (χ4n) is 16.1. The minimum atomic E-state index is 0.581. The van der Waals surface area contributed by atoms with Crippen molar-refractivity contribution in [1.29, 1.82) is 0 Å². The van der Waals surface area contributed by atoms with Crippen LogP contribution in [-0.2, 0) is 64.2 Å². The molecular weight excluding hydrogens is 1760 g/mol. The standard InChI is InChI=1S/3C25H24N4.2C24H22N4/c1-18-10-9-11-19(2)24(18)29-25-27-22(16-20-12-5-3-6-13-20)26-23(28-25)17-21-14-7-4-8-15-21;1-18-10-9-15-22(19(18)2)26-25-28-23(16-20-11-5-3-6-12-20)27-24(29-25)17-21-13-7-4-8-14-21;1-18-13-14-22(19(2)15-18)26-25-28-23(16-20-9-5-3-6-10-20)27-24(29-25)17-21-11-7-4-8-12-21;1-18-10-8-9-15-21(18)25-24-27-22(16-19-11-4-2-5-12-19)26-23(28-24)17-20-13-6-3-7-14-20;1-18-9-8-14-21(15-18)25-24-27-22(16-19-10-4-2-5-11-19)26-23(28-24)17-20-12-6-3-7-13-20/h3*3-15H,16-17H2,1-2H3,(H,26,27,28,29);2*2-15H,16-17H2,1H3,(H,25,26,27,28). The Kier molecular flexibility index (Phi) is 34.8. The number of nitrogens with one attached hydrogen (secondary N) is 5. The van der Waals surface area contributed by atoms with E-state index in [-0.39, 0.29) is 0 Å². The van der Waals surface area contributed by atoms with Gasteiger partial charge in [-0.1, -0.05) is 382 Å². The van der Waals surface area contributed by atoms with Gasteiger partial charge in [-0.2, -0.15) is 49.8 Å². The lowest BCUT2D eigenvalue weighted by molar-refractivity contribution is 0.855. The second-order valence-corrected chi connectivity index (χ2v) is 35.2. The van der Waals surface area contributed by atoms with Crippen molar-refractivity contribution in [3.8, 4) is 0 Å². The van der Waals surface area contributed by atoms with Crippen LogP contribution >= 0.6 is 0 Å². The number of nitrogens with zero attached hydrogens (tertiary/aromatic N) is 15. The molecule has 15 aromatic carbocycles. The zero-order chi connectivity index (χ0) is 98.5. The van der Waals surface area contributed by atoms with Crippen molar-refractivity contribution in [3.05, 3.63) is 565 Å². The maximum atomic E-state index is 4.75. The predicted molar refractivity (Wildman–Crippen MR) is 578 cm³/mol. The van der Waals surface area contributed by atoms with Crippen molar-refractivity contribution in [2.75, 3.05) is 26.6 Å². The van der Waals surface area contributed by atoms with Gasteiger partial charge in [-0.05, 0) is 180 Å². The van der Waals surface area contributed by atoms with Crippen LogP contribution in [0.1, 0.15) is 158 Å². The number of rotatable bonds is 30. The highest BCUT2D eigenvalue weighted by Crippen LogP contribution is 2.29. The molecule has 0 unspecified atom stereocenters. The van der Waals surface area contributed by atoms with Gasteiger partial charge in [-0.15, -0.1) is 0 Å². The van der Waals surface area contributed by atoms with Crippen molar-refractivity contribution < 1.29 is 0 Å². The average molecular weight is 1870 g/mol. The summed E-state index contributed by atoms with van der Waals surface area (Å²) in [6, 6.07) is 138. The Morgan fingerprint density at radius 2 is 0.371 bits per heavy atom. The molecule has 0 fully saturated rings. The molecule has 0 saturated carbocycles. The molecule has 5 N–H and O–H groups in total. The van der Waals surface area contributed by atoms with Gasteiger partial charge in [0.05, 0.1) is 0 Å². The zero-order valence-electron chi connectivity index (χ0n) is 82.0. The highest BCUT2D eigenvalue weighted by molar-refractivity contribution is 5.65. The molecule has 0 aliphatic rings. The first-order valence-corrected chi connectivity index (χ1v) is 48.3. The Bertz CT molecular complexity index is 7110. The minimum Gasteiger partial charge on any atom is -0.324 e. The number of hydrogen-bond donors (Lipinski definition) is 5. The van der Waals surface area contributed by atoms with Gasteiger partial charge in [0.15, 0.2) is 0 Å². The van der Waals surface area contributed by atoms with Crippen molar-refractivity contribution >= 4 is 58.2 Å². The molecule has 0 radical (unpaired) electrons. The highest BCUT2D eigenvalue weighted by atomic mass is 15.2. The predicted octanol–water partition coefficient (Wildman–Crippen LogP) is 26.5. The second-order valence-electron chi connectivity index (χ2n) is 35.2. The maximum Gasteiger partial charge on any atom is 0.230 e. The molecule has 0 amide bonds. The topological polar surface area (TPSA) is 254 Å². The molecule has 143 heavy (non-hydrogen) atoms. The van der Waals surface area contributed by atoms with Crippen LogP contribution in [0.3, 0.4) is 0 Å². The molecule has 20 aromatic rings. The lowest BCUT2D eigenvalue weighted by Gasteiger charge is -2.13. The van der Waals surface area contributed by atoms with E-state index in [1.807, 2.05) is 218 Å². The molecule has 5 aromatic heterocycles. The summed E-state index contributed by atoms with van der Waals surface area (Å²) < 4.78 is 0. The lowest BCUT2D eigenvalue weighted by atomic mass is 10.1. The molecule has 0 spiro atoms. The Morgan fingerprint density at radius 1 is 0.154 bits per heavy atom. The van der Waals surface area contributed by atoms with Crippen LogP contribution in [-0.4, -0.2) is 74.8 Å². The minimum absolute atomic E-state index is 0.581. The third-order valence-electron chi connectivity index (χ3n) is 23.6. The molecule has 20 nitrogen and oxygen atoms in total. The van der Waals surface area contributed by atoms with E-state index in [0.717, 1.165) is 92.2 Å². The monoisotopic (exact) mass is 1870 g/mol. The summed E-state index contributed by atoms with van der Waals surface area (Å²) in [4.78, 5) is 70.6. The highest BCUT2D eigenvalue weighted by Gasteiger charge is 2.19. The molecule has 708 valence electrons. The molecule has 0 bridgehead atoms. The largest absolute Gasteiger partial charge is 0.324 e. The normalized spacial score (nSPS) is 10.7. The quantitative estimate of drug-likeness (QED) is 0.0280. The number of benzene rings is 15. The molecule has 0 saturated heterocycles. The van der Waals surface area contributed by atoms with Crippen molar-refractivity contribution in [2.45, 2.75) is 120 Å². The number of aryl methyl sites for hydroxylation is 7. The van der Waals surface area contributed by atoms with E-state index in [0.29, 0.717) is 93.9 Å². The SMILES string of the molecule is Cc1ccc(Nc2nc(Cc3ccccc3)nc(Cc3ccccc3)n2)c(C)c1.Cc1cccc(C)c1Nc1nc(Cc2ccccc2)nc(Cc2ccccc2)n1.Cc1cccc(Nc2nc(Cc3ccccc3)nc(Cc3ccccc3)n2)c1.Cc1cccc(Nc2nc(Cc3ccccc3)nc(Cc3ccccc3)n2)c1C.Cc1ccccc1Nc1nc(Cc2ccccc2)nc(Cc2ccccc2)n1. The average Bonchev–Trinajstić information content (AvgIpc) is 0.833. The van der Waals surface area contributed by atoms with E-state index in [9.17, 15) is 0 Å². The van der Waals surface area contributed by atoms with E-state index < -0.39 is 0 Å². The van der Waals surface area contributed by atoms with Gasteiger partial charge in [0.1, 0.15) is 58.2 Å². The van der Waals surface area contributed by atoms with Gasteiger partial charge in [-0.3, -0.25) is 0 Å². The first-order valence-electron chi connectivity index (χ1n) is 48.3. The van der Waals surface area contributed by atoms with Crippen LogP contribution < -0.4 is 26.6 Å². The number of aromatic nitrogens is 15. The Balaban J connectivity index is 0.000000128. The summed E-state index contributed by atoms with van der Waals surface area (Å²) in [5.41, 5.74) is 26.4. The van der Waals surface area contributed by atoms with E-state index in [2.05, 4.69) is 290 Å². The summed E-state index contributed by atoms with van der Waals surface area (Å²) >= 11 is 0. The summed E-state index contributed by atoms with van der Waals surface area (Å²) in [5, 5.41) is 16.9. The molecule has 20 rings (SSSR count). The molecule has 0 atom stereocenters. The van der Waals surface area contributed by atoms with Crippen molar-refractivity contribution in [1.82, 2.24) is 74.8 Å². The maximum absolute atomic E-state index is 4.75. The second kappa shape index (κ2) is 50.6. The van der Waals surface area contributed by atoms with E-state index in [1.54, 1.807) is 0 Å². The molecular formula is C123H116N20. The van der Waals surface area contributed by atoms with Crippen LogP contribution in [0.15, 0.2) is 406 Å². The number of anilines is 10. The molecule has 20 heteroatoms. The number of para-hydroxylation sites is 2. The molecule has 0 aliphatic heterocycles. The Labute approximate surface area is 838 Å². The van der Waals surface area contributed by atoms with Crippen molar-refractivity contribution in [2.24, 2.45) is 0 Å². The van der Waals surface area contributed by atoms with Gasteiger partial charge in [0.25, 0.3) is 0 Å². The van der Waals surface area contributed by atoms with E-state index in [1.165, 1.54) is 94.6 Å². The lowest BCUT2D eigenvalue weighted by Crippen LogP contribution is -2.09. The summed E-state index contributed by atoms with van der Waals surface area (Å²) in [7, 11) is 0. The van der Waals surface area contributed by atoms with Gasteiger partial charge in [-0.25, -0.2) is 24.9 Å². The Morgan fingerprint density at radius 3 is 0.650 bits per heavy atom. The fraction of sp³-hybridized carbons (Fsp3) is 0.146. The number of hydrogen-bond acceptors (Lipinski definition) is 20. The van der Waals surface area contributed by atoms with Crippen LogP contribution in [0.25, 0.3) is 0 Å². The van der Waals surface area contributed by atoms with Crippen LogP contribution in [0.2, 0.25) is 0 Å².